The Morgan fingerprint density at radius 3 is 2.55 bits per heavy atom. The third-order valence-corrected chi connectivity index (χ3v) is 7.24. The molecule has 0 spiro atoms. The first kappa shape index (κ1) is 21.3. The number of ether oxygens (including phenoxy) is 1. The minimum atomic E-state index is -3.44. The molecule has 0 saturated heterocycles. The van der Waals surface area contributed by atoms with Gasteiger partial charge in [-0.2, -0.15) is 0 Å². The molecule has 1 aliphatic rings. The van der Waals surface area contributed by atoms with Crippen molar-refractivity contribution in [2.45, 2.75) is 43.0 Å². The zero-order chi connectivity index (χ0) is 21.0. The average molecular weight is 417 g/mol. The van der Waals surface area contributed by atoms with Crippen molar-refractivity contribution in [2.24, 2.45) is 0 Å². The summed E-state index contributed by atoms with van der Waals surface area (Å²) in [5.74, 6) is 1.08. The lowest BCUT2D eigenvalue weighted by Crippen LogP contribution is -2.26. The van der Waals surface area contributed by atoms with E-state index in [2.05, 4.69) is 17.4 Å². The molecule has 2 aromatic carbocycles. The molecule has 3 rings (SSSR count). The number of nitrogens with one attached hydrogen (secondary N) is 1. The van der Waals surface area contributed by atoms with Crippen molar-refractivity contribution < 1.29 is 17.9 Å². The largest absolute Gasteiger partial charge is 0.497 e. The Kier molecular flexibility index (Phi) is 6.59. The lowest BCUT2D eigenvalue weighted by atomic mass is 9.81. The van der Waals surface area contributed by atoms with Crippen molar-refractivity contribution in [1.82, 2.24) is 9.62 Å². The van der Waals surface area contributed by atoms with Crippen LogP contribution in [0.5, 0.6) is 5.75 Å². The van der Waals surface area contributed by atoms with Crippen LogP contribution in [0.15, 0.2) is 47.4 Å². The number of carbonyl (C=O) groups excluding carboxylic acids is 1. The fourth-order valence-corrected chi connectivity index (χ4v) is 4.62. The van der Waals surface area contributed by atoms with E-state index in [1.54, 1.807) is 31.4 Å². The molecule has 0 heterocycles. The van der Waals surface area contributed by atoms with Gasteiger partial charge in [0.1, 0.15) is 5.75 Å². The summed E-state index contributed by atoms with van der Waals surface area (Å²) < 4.78 is 30.7. The molecule has 0 fully saturated rings. The average Bonchev–Trinajstić information content (AvgIpc) is 2.72. The minimum absolute atomic E-state index is 0.00339. The number of methoxy groups -OCH3 is 1. The number of rotatable bonds is 7. The van der Waals surface area contributed by atoms with Gasteiger partial charge in [0.05, 0.1) is 12.0 Å². The number of hydrogen-bond acceptors (Lipinski definition) is 4. The molecular formula is C22H28N2O4S. The summed E-state index contributed by atoms with van der Waals surface area (Å²) in [6.45, 7) is 0.378. The van der Waals surface area contributed by atoms with Crippen LogP contribution in [0.4, 0.5) is 0 Å². The van der Waals surface area contributed by atoms with Gasteiger partial charge in [0, 0.05) is 27.1 Å². The molecule has 0 radical (unpaired) electrons. The molecule has 1 amide bonds. The highest BCUT2D eigenvalue weighted by Crippen LogP contribution is 2.35. The van der Waals surface area contributed by atoms with Crippen molar-refractivity contribution in [2.75, 3.05) is 21.2 Å². The molecule has 1 N–H and O–H groups in total. The van der Waals surface area contributed by atoms with Gasteiger partial charge in [0.15, 0.2) is 0 Å². The topological polar surface area (TPSA) is 75.7 Å². The monoisotopic (exact) mass is 416 g/mol. The van der Waals surface area contributed by atoms with E-state index in [9.17, 15) is 13.2 Å². The molecule has 2 aromatic rings. The number of benzene rings is 2. The lowest BCUT2D eigenvalue weighted by Gasteiger charge is -2.25. The fourth-order valence-electron chi connectivity index (χ4n) is 3.72. The molecule has 6 nitrogen and oxygen atoms in total. The normalized spacial score (nSPS) is 16.3. The first-order valence-corrected chi connectivity index (χ1v) is 11.2. The number of carbonyl (C=O) groups is 1. The number of nitrogens with zero attached hydrogens (tertiary/aromatic N) is 1. The van der Waals surface area contributed by atoms with Gasteiger partial charge >= 0.3 is 0 Å². The lowest BCUT2D eigenvalue weighted by molar-refractivity contribution is -0.121. The van der Waals surface area contributed by atoms with Crippen molar-refractivity contribution in [1.29, 1.82) is 0 Å². The first-order valence-electron chi connectivity index (χ1n) is 9.76. The van der Waals surface area contributed by atoms with Crippen LogP contribution in [0.2, 0.25) is 0 Å². The molecule has 7 heteroatoms. The highest BCUT2D eigenvalue weighted by molar-refractivity contribution is 7.89. The molecule has 156 valence electrons. The number of amides is 1. The van der Waals surface area contributed by atoms with Crippen molar-refractivity contribution in [3.05, 3.63) is 59.2 Å². The van der Waals surface area contributed by atoms with E-state index < -0.39 is 10.0 Å². The molecule has 1 unspecified atom stereocenters. The fraction of sp³-hybridized carbons (Fsp3) is 0.409. The van der Waals surface area contributed by atoms with Gasteiger partial charge in [-0.15, -0.1) is 0 Å². The van der Waals surface area contributed by atoms with Gasteiger partial charge in [-0.25, -0.2) is 12.7 Å². The Hall–Kier alpha value is -2.38. The second kappa shape index (κ2) is 8.97. The van der Waals surface area contributed by atoms with Gasteiger partial charge in [-0.05, 0) is 66.1 Å². The van der Waals surface area contributed by atoms with Crippen LogP contribution in [-0.2, 0) is 27.8 Å². The van der Waals surface area contributed by atoms with E-state index in [0.717, 1.165) is 30.6 Å². The molecule has 1 aliphatic carbocycles. The Morgan fingerprint density at radius 1 is 1.17 bits per heavy atom. The number of sulfonamides is 1. The summed E-state index contributed by atoms with van der Waals surface area (Å²) in [5.41, 5.74) is 3.38. The maximum Gasteiger partial charge on any atom is 0.242 e. The molecule has 1 atom stereocenters. The van der Waals surface area contributed by atoms with Gasteiger partial charge in [0.25, 0.3) is 0 Å². The second-order valence-electron chi connectivity index (χ2n) is 7.57. The second-order valence-corrected chi connectivity index (χ2v) is 9.72. The molecule has 0 aromatic heterocycles. The summed E-state index contributed by atoms with van der Waals surface area (Å²) in [5, 5.41) is 2.96. The van der Waals surface area contributed by atoms with Crippen molar-refractivity contribution in [3.8, 4) is 5.75 Å². The van der Waals surface area contributed by atoms with Gasteiger partial charge in [-0.3, -0.25) is 4.79 Å². The summed E-state index contributed by atoms with van der Waals surface area (Å²) in [7, 11) is 1.23. The summed E-state index contributed by atoms with van der Waals surface area (Å²) in [6.07, 6.45) is 3.54. The zero-order valence-electron chi connectivity index (χ0n) is 17.1. The molecule has 29 heavy (non-hydrogen) atoms. The van der Waals surface area contributed by atoms with Crippen LogP contribution >= 0.6 is 0 Å². The summed E-state index contributed by atoms with van der Waals surface area (Å²) >= 11 is 0. The molecular weight excluding hydrogens is 388 g/mol. The first-order chi connectivity index (χ1) is 13.8. The van der Waals surface area contributed by atoms with E-state index in [1.165, 1.54) is 29.5 Å². The quantitative estimate of drug-likeness (QED) is 0.753. The predicted octanol–water partition coefficient (Wildman–Crippen LogP) is 3.07. The molecule has 0 saturated carbocycles. The number of fused-ring (bicyclic) bond motifs is 1. The Bertz CT molecular complexity index is 969. The number of aryl methyl sites for hydroxylation is 1. The SMILES string of the molecule is COc1ccc2c(c1)CCCC2CC(=O)NCc1ccc(S(=O)(=O)N(C)C)cc1. The smallest absolute Gasteiger partial charge is 0.242 e. The van der Waals surface area contributed by atoms with Crippen LogP contribution < -0.4 is 10.1 Å². The van der Waals surface area contributed by atoms with Gasteiger partial charge in [-0.1, -0.05) is 18.2 Å². The zero-order valence-corrected chi connectivity index (χ0v) is 18.0. The van der Waals surface area contributed by atoms with Crippen LogP contribution in [0.25, 0.3) is 0 Å². The van der Waals surface area contributed by atoms with E-state index in [4.69, 9.17) is 4.74 Å². The Balaban J connectivity index is 1.59. The minimum Gasteiger partial charge on any atom is -0.497 e. The van der Waals surface area contributed by atoms with E-state index in [1.807, 2.05) is 6.07 Å². The van der Waals surface area contributed by atoms with E-state index in [0.29, 0.717) is 13.0 Å². The van der Waals surface area contributed by atoms with E-state index in [-0.39, 0.29) is 16.7 Å². The van der Waals surface area contributed by atoms with Crippen LogP contribution in [0.1, 0.15) is 41.9 Å². The Morgan fingerprint density at radius 2 is 1.90 bits per heavy atom. The maximum absolute atomic E-state index is 12.5. The van der Waals surface area contributed by atoms with Gasteiger partial charge in [0.2, 0.25) is 15.9 Å². The maximum atomic E-state index is 12.5. The van der Waals surface area contributed by atoms with Gasteiger partial charge < -0.3 is 10.1 Å². The Labute approximate surface area is 172 Å². The van der Waals surface area contributed by atoms with Crippen LogP contribution in [0.3, 0.4) is 0 Å². The van der Waals surface area contributed by atoms with E-state index >= 15 is 0 Å². The summed E-state index contributed by atoms with van der Waals surface area (Å²) in [4.78, 5) is 12.7. The van der Waals surface area contributed by atoms with Crippen LogP contribution in [-0.4, -0.2) is 39.8 Å². The highest BCUT2D eigenvalue weighted by atomic mass is 32.2. The third-order valence-electron chi connectivity index (χ3n) is 5.41. The number of hydrogen-bond donors (Lipinski definition) is 1. The molecule has 0 aliphatic heterocycles. The predicted molar refractivity (Wildman–Crippen MR) is 112 cm³/mol. The van der Waals surface area contributed by atoms with Crippen molar-refractivity contribution in [3.63, 3.8) is 0 Å². The third kappa shape index (κ3) is 4.97. The van der Waals surface area contributed by atoms with Crippen molar-refractivity contribution >= 4 is 15.9 Å². The van der Waals surface area contributed by atoms with Crippen LogP contribution in [0, 0.1) is 0 Å². The summed E-state index contributed by atoms with van der Waals surface area (Å²) in [6, 6.07) is 12.7. The standard InChI is InChI=1S/C22H28N2O4S/c1-24(2)29(26,27)20-10-7-16(8-11-20)15-23-22(25)14-18-6-4-5-17-13-19(28-3)9-12-21(17)18/h7-13,18H,4-6,14-15H2,1-3H3,(H,23,25). The highest BCUT2D eigenvalue weighted by Gasteiger charge is 2.23. The molecule has 0 bridgehead atoms.